The predicted octanol–water partition coefficient (Wildman–Crippen LogP) is 4.03. The average molecular weight is 395 g/mol. The Bertz CT molecular complexity index is 943. The molecule has 1 unspecified atom stereocenters. The van der Waals surface area contributed by atoms with Crippen LogP contribution in [-0.4, -0.2) is 31.9 Å². The maximum atomic E-state index is 12.9. The summed E-state index contributed by atoms with van der Waals surface area (Å²) in [6, 6.07) is 8.50. The molecule has 1 N–H and O–H groups in total. The monoisotopic (exact) mass is 395 g/mol. The van der Waals surface area contributed by atoms with Gasteiger partial charge in [-0.2, -0.15) is 13.2 Å². The summed E-state index contributed by atoms with van der Waals surface area (Å²) in [5.74, 6) is 0.707. The van der Waals surface area contributed by atoms with Crippen molar-refractivity contribution in [2.75, 3.05) is 6.61 Å². The van der Waals surface area contributed by atoms with Crippen molar-refractivity contribution in [1.82, 2.24) is 15.0 Å². The number of alkyl halides is 3. The molecule has 2 heterocycles. The first-order chi connectivity index (χ1) is 12.8. The van der Waals surface area contributed by atoms with Gasteiger partial charge in [0, 0.05) is 35.8 Å². The van der Waals surface area contributed by atoms with Crippen molar-refractivity contribution in [3.63, 3.8) is 0 Å². The number of halogens is 3. The molecule has 0 saturated carbocycles. The van der Waals surface area contributed by atoms with Crippen molar-refractivity contribution >= 4 is 10.8 Å². The molecule has 0 aliphatic rings. The Kier molecular flexibility index (Phi) is 5.59. The Morgan fingerprint density at radius 2 is 2.00 bits per heavy atom. The van der Waals surface area contributed by atoms with Gasteiger partial charge < -0.3 is 9.72 Å². The summed E-state index contributed by atoms with van der Waals surface area (Å²) in [6.45, 7) is 0.216. The molecule has 142 valence electrons. The first-order valence-electron chi connectivity index (χ1n) is 7.96. The van der Waals surface area contributed by atoms with E-state index in [0.29, 0.717) is 27.5 Å². The molecule has 9 heteroatoms. The largest absolute Gasteiger partial charge is 0.484 e. The number of imidazole rings is 1. The van der Waals surface area contributed by atoms with Crippen LogP contribution in [0.2, 0.25) is 0 Å². The molecule has 0 bridgehead atoms. The maximum Gasteiger partial charge on any atom is 0.422 e. The second kappa shape index (κ2) is 7.91. The first-order valence-corrected chi connectivity index (χ1v) is 9.27. The fraction of sp³-hybridized carbons (Fsp3) is 0.222. The fourth-order valence-corrected chi connectivity index (χ4v) is 3.65. The zero-order valence-electron chi connectivity index (χ0n) is 14.3. The molecule has 0 radical (unpaired) electrons. The molecule has 0 aliphatic heterocycles. The third-order valence-corrected chi connectivity index (χ3v) is 5.07. The van der Waals surface area contributed by atoms with Crippen LogP contribution in [-0.2, 0) is 16.6 Å². The van der Waals surface area contributed by atoms with Crippen molar-refractivity contribution in [1.29, 1.82) is 0 Å². The lowest BCUT2D eigenvalue weighted by Gasteiger charge is -2.12. The molecule has 0 amide bonds. The number of nitrogens with one attached hydrogen (secondary N) is 1. The minimum atomic E-state index is -4.43. The molecule has 3 rings (SSSR count). The van der Waals surface area contributed by atoms with E-state index in [9.17, 15) is 17.4 Å². The van der Waals surface area contributed by atoms with Gasteiger partial charge in [-0.05, 0) is 13.0 Å². The van der Waals surface area contributed by atoms with Crippen LogP contribution in [0.3, 0.4) is 0 Å². The van der Waals surface area contributed by atoms with Crippen LogP contribution in [0.25, 0.3) is 11.4 Å². The number of aromatic nitrogens is 3. The number of benzene rings is 1. The molecule has 1 aromatic carbocycles. The van der Waals surface area contributed by atoms with Gasteiger partial charge >= 0.3 is 6.18 Å². The van der Waals surface area contributed by atoms with Crippen LogP contribution < -0.4 is 4.74 Å². The van der Waals surface area contributed by atoms with E-state index in [1.165, 1.54) is 12.3 Å². The Hall–Kier alpha value is -2.68. The predicted molar refractivity (Wildman–Crippen MR) is 94.7 cm³/mol. The molecule has 0 aliphatic carbocycles. The van der Waals surface area contributed by atoms with Crippen molar-refractivity contribution < 1.29 is 22.1 Å². The van der Waals surface area contributed by atoms with E-state index in [4.69, 9.17) is 4.74 Å². The van der Waals surface area contributed by atoms with Crippen LogP contribution in [0.5, 0.6) is 5.75 Å². The Morgan fingerprint density at radius 1 is 1.22 bits per heavy atom. The van der Waals surface area contributed by atoms with Crippen molar-refractivity contribution in [3.05, 3.63) is 60.2 Å². The number of aromatic amines is 1. The zero-order chi connectivity index (χ0) is 19.4. The zero-order valence-corrected chi connectivity index (χ0v) is 15.1. The SMILES string of the molecule is Cc1cnc(CS(=O)c2ccccc2-c2ncc[nH]2)cc1OCC(F)(F)F. The quantitative estimate of drug-likeness (QED) is 0.684. The smallest absolute Gasteiger partial charge is 0.422 e. The van der Waals surface area contributed by atoms with E-state index < -0.39 is 23.6 Å². The third-order valence-electron chi connectivity index (χ3n) is 3.67. The standard InChI is InChI=1S/C18H16F3N3O2S/c1-12-9-24-13(8-15(12)26-11-18(19,20)21)10-27(25)16-5-3-2-4-14(16)17-22-6-7-23-17/h2-9H,10-11H2,1H3,(H,22,23). The van der Waals surface area contributed by atoms with Crippen molar-refractivity contribution in [2.24, 2.45) is 0 Å². The van der Waals surface area contributed by atoms with Gasteiger partial charge in [0.15, 0.2) is 6.61 Å². The number of rotatable bonds is 6. The molecule has 5 nitrogen and oxygen atoms in total. The number of pyridine rings is 1. The van der Waals surface area contributed by atoms with E-state index in [-0.39, 0.29) is 11.5 Å². The molecule has 27 heavy (non-hydrogen) atoms. The maximum absolute atomic E-state index is 12.9. The number of hydrogen-bond acceptors (Lipinski definition) is 4. The number of hydrogen-bond donors (Lipinski definition) is 1. The fourth-order valence-electron chi connectivity index (χ4n) is 2.43. The Balaban J connectivity index is 1.81. The normalized spacial score (nSPS) is 12.7. The van der Waals surface area contributed by atoms with E-state index in [2.05, 4.69) is 15.0 Å². The average Bonchev–Trinajstić information content (AvgIpc) is 3.16. The molecule has 2 aromatic heterocycles. The van der Waals surface area contributed by atoms with Gasteiger partial charge in [-0.1, -0.05) is 18.2 Å². The van der Waals surface area contributed by atoms with Crippen LogP contribution >= 0.6 is 0 Å². The molecule has 0 fully saturated rings. The highest BCUT2D eigenvalue weighted by molar-refractivity contribution is 7.84. The lowest BCUT2D eigenvalue weighted by molar-refractivity contribution is -0.153. The summed E-state index contributed by atoms with van der Waals surface area (Å²) in [5.41, 5.74) is 1.55. The molecule has 1 atom stereocenters. The minimum Gasteiger partial charge on any atom is -0.484 e. The third kappa shape index (κ3) is 4.94. The number of nitrogens with zero attached hydrogens (tertiary/aromatic N) is 2. The summed E-state index contributed by atoms with van der Waals surface area (Å²) in [5, 5.41) is 0. The molecular weight excluding hydrogens is 379 g/mol. The van der Waals surface area contributed by atoms with Crippen molar-refractivity contribution in [2.45, 2.75) is 23.7 Å². The van der Waals surface area contributed by atoms with Gasteiger partial charge in [-0.25, -0.2) is 4.98 Å². The van der Waals surface area contributed by atoms with Gasteiger partial charge in [0.1, 0.15) is 11.6 Å². The lowest BCUT2D eigenvalue weighted by atomic mass is 10.2. The highest BCUT2D eigenvalue weighted by Gasteiger charge is 2.28. The summed E-state index contributed by atoms with van der Waals surface area (Å²) >= 11 is 0. The van der Waals surface area contributed by atoms with Gasteiger partial charge in [0.25, 0.3) is 0 Å². The van der Waals surface area contributed by atoms with Crippen LogP contribution in [0.1, 0.15) is 11.3 Å². The van der Waals surface area contributed by atoms with E-state index in [1.54, 1.807) is 37.5 Å². The number of H-pyrrole nitrogens is 1. The summed E-state index contributed by atoms with van der Waals surface area (Å²) in [4.78, 5) is 11.9. The van der Waals surface area contributed by atoms with Crippen molar-refractivity contribution in [3.8, 4) is 17.1 Å². The number of ether oxygens (including phenoxy) is 1. The van der Waals surface area contributed by atoms with Gasteiger partial charge in [0.2, 0.25) is 0 Å². The summed E-state index contributed by atoms with van der Waals surface area (Å²) in [7, 11) is -1.47. The molecule has 0 spiro atoms. The highest BCUT2D eigenvalue weighted by Crippen LogP contribution is 2.26. The Morgan fingerprint density at radius 3 is 2.70 bits per heavy atom. The van der Waals surface area contributed by atoms with Gasteiger partial charge in [-0.15, -0.1) is 0 Å². The summed E-state index contributed by atoms with van der Waals surface area (Å²) in [6.07, 6.45) is 0.249. The minimum absolute atomic E-state index is 0.0420. The van der Waals surface area contributed by atoms with Gasteiger partial charge in [-0.3, -0.25) is 9.19 Å². The second-order valence-electron chi connectivity index (χ2n) is 5.77. The van der Waals surface area contributed by atoms with Gasteiger partial charge in [0.05, 0.1) is 27.1 Å². The van der Waals surface area contributed by atoms with Crippen LogP contribution in [0.4, 0.5) is 13.2 Å². The van der Waals surface area contributed by atoms with E-state index >= 15 is 0 Å². The van der Waals surface area contributed by atoms with E-state index in [0.717, 1.165) is 0 Å². The number of aryl methyl sites for hydroxylation is 1. The van der Waals surface area contributed by atoms with E-state index in [1.807, 2.05) is 6.07 Å². The Labute approximate surface area is 156 Å². The lowest BCUT2D eigenvalue weighted by Crippen LogP contribution is -2.19. The topological polar surface area (TPSA) is 67.9 Å². The second-order valence-corrected chi connectivity index (χ2v) is 7.19. The first kappa shape index (κ1) is 19.1. The summed E-state index contributed by atoms with van der Waals surface area (Å²) < 4.78 is 54.8. The van der Waals surface area contributed by atoms with Crippen LogP contribution in [0, 0.1) is 6.92 Å². The molecule has 3 aromatic rings. The molecular formula is C18H16F3N3O2S. The molecule has 0 saturated heterocycles. The highest BCUT2D eigenvalue weighted by atomic mass is 32.2. The van der Waals surface area contributed by atoms with Crippen LogP contribution in [0.15, 0.2) is 53.8 Å².